The molecule has 0 saturated heterocycles. The van der Waals surface area contributed by atoms with Crippen LogP contribution in [-0.4, -0.2) is 141 Å². The van der Waals surface area contributed by atoms with E-state index in [-0.39, 0.29) is 23.3 Å². The molecule has 73 heavy (non-hydrogen) atoms. The van der Waals surface area contributed by atoms with Crippen molar-refractivity contribution >= 4 is 63.5 Å². The van der Waals surface area contributed by atoms with Crippen molar-refractivity contribution in [2.24, 2.45) is 9.98 Å². The number of benzene rings is 4. The molecule has 2 unspecified atom stereocenters. The lowest BCUT2D eigenvalue weighted by molar-refractivity contribution is -0.471. The molecule has 17 heteroatoms. The standard InChI is InChI=1S/C16H12O4.C16H14O3.2C12H27N5/c1-9(16(18)19)10-6-7-14-12(8-10)15(17)11-4-2-3-5-13(11)20-14;1-11(16(18)19)13-8-5-9-14(10-13)15(17)12-6-3-2-4-7-12;2*1-9(2)13-11(14-10(3)4)15-12(16(5)6)17(7)8/h2-9H,1H3,(H,18,19);2-11H,1H3,(H,18,19);2*9-10H,1-8H3,(H,13,14). The minimum Gasteiger partial charge on any atom is -0.550 e. The number of aliphatic imine (C=N–C) groups is 2. The van der Waals surface area contributed by atoms with Gasteiger partial charge in [-0.25, -0.2) is 20.6 Å². The van der Waals surface area contributed by atoms with Gasteiger partial charge in [-0.3, -0.25) is 28.5 Å². The number of ketones is 1. The Balaban J connectivity index is 0.000000335. The van der Waals surface area contributed by atoms with Crippen LogP contribution >= 0.6 is 0 Å². The summed E-state index contributed by atoms with van der Waals surface area (Å²) in [5.74, 6) is -0.324. The molecule has 5 aromatic rings. The SMILES string of the molecule is CC(C(=O)[O-])c1ccc2oc3ccccc3c(=O)c2c1.CC(C(=O)[O-])c1cccc(C(=O)c2ccccc2)c1.CC(C)N=C(NC(N(C)C)=[N+](C)C)NC(C)C.CC(C)N=C(NC(N(C)C)=[N+](C)C)NC(C)C. The fourth-order valence-electron chi connectivity index (χ4n) is 6.80. The number of hydrogen-bond donors (Lipinski definition) is 4. The summed E-state index contributed by atoms with van der Waals surface area (Å²) in [7, 11) is 16.0. The number of carbonyl (C=O) groups is 3. The van der Waals surface area contributed by atoms with Crippen molar-refractivity contribution in [1.82, 2.24) is 31.1 Å². The number of nitrogens with zero attached hydrogens (tertiary/aromatic N) is 6. The van der Waals surface area contributed by atoms with Crippen molar-refractivity contribution in [3.8, 4) is 0 Å². The van der Waals surface area contributed by atoms with Crippen LogP contribution in [0.3, 0.4) is 0 Å². The van der Waals surface area contributed by atoms with Gasteiger partial charge < -0.3 is 34.9 Å². The van der Waals surface area contributed by atoms with Gasteiger partial charge in [-0.1, -0.05) is 80.6 Å². The van der Waals surface area contributed by atoms with Crippen molar-refractivity contribution in [2.45, 2.75) is 105 Å². The van der Waals surface area contributed by atoms with E-state index in [1.165, 1.54) is 6.92 Å². The third-order valence-electron chi connectivity index (χ3n) is 10.3. The largest absolute Gasteiger partial charge is 0.550 e. The molecular formula is C56H80N10O7. The maximum absolute atomic E-state index is 12.4. The number of nitrogens with one attached hydrogen (secondary N) is 4. The van der Waals surface area contributed by atoms with E-state index in [4.69, 9.17) is 4.42 Å². The van der Waals surface area contributed by atoms with Gasteiger partial charge in [-0.05, 0) is 96.8 Å². The average Bonchev–Trinajstić information content (AvgIpc) is 3.31. The highest BCUT2D eigenvalue weighted by atomic mass is 16.4. The second-order valence-corrected chi connectivity index (χ2v) is 19.3. The number of carbonyl (C=O) groups excluding carboxylic acids is 3. The van der Waals surface area contributed by atoms with Gasteiger partial charge in [0.25, 0.3) is 11.9 Å². The third-order valence-corrected chi connectivity index (χ3v) is 10.3. The van der Waals surface area contributed by atoms with Crippen molar-refractivity contribution in [1.29, 1.82) is 0 Å². The van der Waals surface area contributed by atoms with E-state index in [1.807, 2.05) is 81.4 Å². The fourth-order valence-corrected chi connectivity index (χ4v) is 6.80. The fraction of sp³-hybridized carbons (Fsp3) is 0.429. The Labute approximate surface area is 432 Å². The molecule has 0 bridgehead atoms. The van der Waals surface area contributed by atoms with Crippen LogP contribution in [-0.2, 0) is 9.59 Å². The lowest BCUT2D eigenvalue weighted by Crippen LogP contribution is -2.51. The van der Waals surface area contributed by atoms with Gasteiger partial charge in [0.2, 0.25) is 5.43 Å². The lowest BCUT2D eigenvalue weighted by Gasteiger charge is -2.17. The lowest BCUT2D eigenvalue weighted by atomic mass is 9.96. The number of aliphatic carboxylic acids is 2. The Bertz CT molecular complexity index is 2720. The highest BCUT2D eigenvalue weighted by Gasteiger charge is 2.18. The predicted molar refractivity (Wildman–Crippen MR) is 293 cm³/mol. The Hall–Kier alpha value is -7.56. The average molecular weight is 1010 g/mol. The van der Waals surface area contributed by atoms with Gasteiger partial charge in [-0.15, -0.1) is 0 Å². The molecule has 0 radical (unpaired) electrons. The van der Waals surface area contributed by atoms with Crippen molar-refractivity contribution in [3.05, 3.63) is 130 Å². The van der Waals surface area contributed by atoms with E-state index >= 15 is 0 Å². The topological polar surface area (TPSA) is 213 Å². The second kappa shape index (κ2) is 29.7. The Kier molecular flexibility index (Phi) is 25.0. The van der Waals surface area contributed by atoms with Gasteiger partial charge >= 0.3 is 11.9 Å². The summed E-state index contributed by atoms with van der Waals surface area (Å²) in [6, 6.07) is 28.6. The van der Waals surface area contributed by atoms with Crippen LogP contribution < -0.4 is 36.9 Å². The van der Waals surface area contributed by atoms with E-state index in [2.05, 4.69) is 86.6 Å². The molecule has 1 aromatic heterocycles. The first kappa shape index (κ1) is 61.6. The number of fused-ring (bicyclic) bond motifs is 2. The summed E-state index contributed by atoms with van der Waals surface area (Å²) < 4.78 is 9.71. The van der Waals surface area contributed by atoms with E-state index in [1.54, 1.807) is 97.9 Å². The predicted octanol–water partition coefficient (Wildman–Crippen LogP) is 4.63. The number of para-hydroxylation sites is 1. The molecule has 0 fully saturated rings. The monoisotopic (exact) mass is 1000 g/mol. The maximum atomic E-state index is 12.4. The molecule has 0 saturated carbocycles. The quantitative estimate of drug-likeness (QED) is 0.0495. The van der Waals surface area contributed by atoms with Crippen LogP contribution in [0.15, 0.2) is 116 Å². The summed E-state index contributed by atoms with van der Waals surface area (Å²) in [6.45, 7) is 19.7. The molecule has 4 aromatic carbocycles. The maximum Gasteiger partial charge on any atom is 0.354 e. The van der Waals surface area contributed by atoms with Gasteiger partial charge in [0.05, 0.1) is 67.2 Å². The van der Waals surface area contributed by atoms with Crippen LogP contribution in [0.25, 0.3) is 21.9 Å². The molecule has 17 nitrogen and oxygen atoms in total. The third kappa shape index (κ3) is 20.6. The van der Waals surface area contributed by atoms with Crippen molar-refractivity contribution in [2.75, 3.05) is 56.4 Å². The molecule has 2 atom stereocenters. The van der Waals surface area contributed by atoms with Crippen LogP contribution in [0.1, 0.15) is 108 Å². The first-order chi connectivity index (χ1) is 34.1. The van der Waals surface area contributed by atoms with E-state index in [0.29, 0.717) is 56.3 Å². The molecule has 0 amide bonds. The first-order valence-electron chi connectivity index (χ1n) is 24.4. The molecule has 0 aliphatic rings. The molecule has 5 rings (SSSR count). The van der Waals surface area contributed by atoms with Gasteiger partial charge in [0.1, 0.15) is 11.2 Å². The van der Waals surface area contributed by atoms with E-state index < -0.39 is 23.8 Å². The molecule has 0 aliphatic carbocycles. The molecule has 396 valence electrons. The zero-order valence-corrected chi connectivity index (χ0v) is 46.2. The molecular weight excluding hydrogens is 925 g/mol. The Morgan fingerprint density at radius 3 is 1.38 bits per heavy atom. The first-order valence-corrected chi connectivity index (χ1v) is 24.4. The molecule has 0 aliphatic heterocycles. The second-order valence-electron chi connectivity index (χ2n) is 19.3. The zero-order chi connectivity index (χ0) is 55.3. The molecule has 1 heterocycles. The van der Waals surface area contributed by atoms with Gasteiger partial charge in [0.15, 0.2) is 5.78 Å². The minimum absolute atomic E-state index is 0.118. The highest BCUT2D eigenvalue weighted by molar-refractivity contribution is 6.09. The van der Waals surface area contributed by atoms with Gasteiger partial charge in [-0.2, -0.15) is 0 Å². The van der Waals surface area contributed by atoms with Crippen LogP contribution in [0.2, 0.25) is 0 Å². The van der Waals surface area contributed by atoms with Crippen LogP contribution in [0.5, 0.6) is 0 Å². The van der Waals surface area contributed by atoms with E-state index in [9.17, 15) is 29.4 Å². The number of rotatable bonds is 10. The van der Waals surface area contributed by atoms with Crippen molar-refractivity contribution < 1.29 is 38.2 Å². The summed E-state index contributed by atoms with van der Waals surface area (Å²) in [5.41, 5.74) is 2.97. The number of hydrogen-bond acceptors (Lipinski definition) is 9. The molecule has 4 N–H and O–H groups in total. The van der Waals surface area contributed by atoms with Crippen LogP contribution in [0, 0.1) is 0 Å². The number of guanidine groups is 4. The minimum atomic E-state index is -1.17. The summed E-state index contributed by atoms with van der Waals surface area (Å²) in [5, 5.41) is 35.9. The smallest absolute Gasteiger partial charge is 0.354 e. The normalized spacial score (nSPS) is 12.0. The van der Waals surface area contributed by atoms with Gasteiger partial charge in [0, 0.05) is 59.1 Å². The Morgan fingerprint density at radius 2 is 0.959 bits per heavy atom. The van der Waals surface area contributed by atoms with E-state index in [0.717, 1.165) is 23.8 Å². The van der Waals surface area contributed by atoms with Crippen molar-refractivity contribution in [3.63, 3.8) is 0 Å². The molecule has 0 spiro atoms. The number of carboxylic acid groups (broad SMARTS) is 2. The zero-order valence-electron chi connectivity index (χ0n) is 46.2. The van der Waals surface area contributed by atoms with Crippen LogP contribution in [0.4, 0.5) is 0 Å². The highest BCUT2D eigenvalue weighted by Crippen LogP contribution is 2.23. The Morgan fingerprint density at radius 1 is 0.534 bits per heavy atom. The number of carboxylic acids is 2. The summed E-state index contributed by atoms with van der Waals surface area (Å²) in [4.78, 5) is 59.5. The summed E-state index contributed by atoms with van der Waals surface area (Å²) >= 11 is 0. The summed E-state index contributed by atoms with van der Waals surface area (Å²) in [6.07, 6.45) is 0.